The Morgan fingerprint density at radius 3 is 1.80 bits per heavy atom. The molecule has 0 aromatic rings. The van der Waals surface area contributed by atoms with E-state index >= 15 is 0 Å². The van der Waals surface area contributed by atoms with Crippen LogP contribution in [0.1, 0.15) is 13.3 Å². The summed E-state index contributed by atoms with van der Waals surface area (Å²) in [7, 11) is 1.39. The van der Waals surface area contributed by atoms with Gasteiger partial charge in [-0.2, -0.15) is 0 Å². The van der Waals surface area contributed by atoms with Gasteiger partial charge in [-0.25, -0.2) is 0 Å². The Bertz CT molecular complexity index is 8.85. The highest BCUT2D eigenvalue weighted by Crippen LogP contribution is 1.73. The number of rotatable bonds is 1. The van der Waals surface area contributed by atoms with Crippen molar-refractivity contribution in [1.82, 2.24) is 0 Å². The van der Waals surface area contributed by atoms with Gasteiger partial charge in [-0.15, -0.1) is 17.0 Å². The Kier molecular flexibility index (Phi) is 16.2. The van der Waals surface area contributed by atoms with Crippen LogP contribution in [-0.4, -0.2) is 10.2 Å². The van der Waals surface area contributed by atoms with Crippen LogP contribution in [0.15, 0.2) is 0 Å². The highest BCUT2D eigenvalue weighted by atomic mass is 79.9. The molecule has 2 heteroatoms. The SMILES string of the molecule is Br.CCC[SiH3]. The molecule has 0 saturated heterocycles. The Morgan fingerprint density at radius 2 is 1.80 bits per heavy atom. The zero-order valence-corrected chi connectivity index (χ0v) is 7.54. The lowest BCUT2D eigenvalue weighted by molar-refractivity contribution is 1.08. The maximum absolute atomic E-state index is 2.22. The Labute approximate surface area is 47.2 Å². The maximum Gasteiger partial charge on any atom is 0.00278 e. The molecule has 0 saturated carbocycles. The lowest BCUT2D eigenvalue weighted by Gasteiger charge is -1.67. The summed E-state index contributed by atoms with van der Waals surface area (Å²) in [4.78, 5) is 0. The van der Waals surface area contributed by atoms with Crippen LogP contribution in [0.25, 0.3) is 0 Å². The first-order valence-electron chi connectivity index (χ1n) is 1.91. The van der Waals surface area contributed by atoms with Gasteiger partial charge in [-0.1, -0.05) is 19.4 Å². The molecule has 34 valence electrons. The number of hydrogen-bond donors (Lipinski definition) is 0. The third-order valence-corrected chi connectivity index (χ3v) is 1.50. The second-order valence-electron chi connectivity index (χ2n) is 1.000. The molecule has 0 fully saturated rings. The van der Waals surface area contributed by atoms with Crippen LogP contribution >= 0.6 is 17.0 Å². The molecule has 0 amide bonds. The fourth-order valence-electron chi connectivity index (χ4n) is 0. The molecule has 0 aliphatic heterocycles. The van der Waals surface area contributed by atoms with Crippen LogP contribution in [0.2, 0.25) is 6.04 Å². The van der Waals surface area contributed by atoms with Crippen molar-refractivity contribution in [2.75, 3.05) is 0 Å². The van der Waals surface area contributed by atoms with Gasteiger partial charge in [0.05, 0.1) is 0 Å². The van der Waals surface area contributed by atoms with Gasteiger partial charge < -0.3 is 0 Å². The Morgan fingerprint density at radius 1 is 1.60 bits per heavy atom. The molecule has 0 N–H and O–H groups in total. The monoisotopic (exact) mass is 154 g/mol. The number of halogens is 1. The van der Waals surface area contributed by atoms with Crippen molar-refractivity contribution in [3.63, 3.8) is 0 Å². The summed E-state index contributed by atoms with van der Waals surface area (Å²) in [5.41, 5.74) is 0. The predicted octanol–water partition coefficient (Wildman–Crippen LogP) is 0.758. The van der Waals surface area contributed by atoms with Gasteiger partial charge in [-0.3, -0.25) is 0 Å². The van der Waals surface area contributed by atoms with Crippen molar-refractivity contribution in [1.29, 1.82) is 0 Å². The first kappa shape index (κ1) is 9.20. The summed E-state index contributed by atoms with van der Waals surface area (Å²) in [5, 5.41) is 0. The van der Waals surface area contributed by atoms with Gasteiger partial charge in [0.1, 0.15) is 0 Å². The fourth-order valence-corrected chi connectivity index (χ4v) is 0. The van der Waals surface area contributed by atoms with E-state index in [1.165, 1.54) is 22.7 Å². The normalized spacial score (nSPS) is 6.60. The van der Waals surface area contributed by atoms with Crippen molar-refractivity contribution in [2.45, 2.75) is 19.4 Å². The summed E-state index contributed by atoms with van der Waals surface area (Å²) < 4.78 is 0. The average Bonchev–Trinajstić information content (AvgIpc) is 1.37. The third kappa shape index (κ3) is 11.9. The molecule has 0 spiro atoms. The molecule has 0 aromatic carbocycles. The predicted molar refractivity (Wildman–Crippen MR) is 35.4 cm³/mol. The lowest BCUT2D eigenvalue weighted by atomic mass is 10.6. The smallest absolute Gasteiger partial charge is 0.00278 e. The molecule has 5 heavy (non-hydrogen) atoms. The molecule has 0 unspecified atom stereocenters. The van der Waals surface area contributed by atoms with Gasteiger partial charge in [-0.05, 0) is 0 Å². The summed E-state index contributed by atoms with van der Waals surface area (Å²) in [6.07, 6.45) is 1.38. The van der Waals surface area contributed by atoms with E-state index in [0.29, 0.717) is 0 Å². The summed E-state index contributed by atoms with van der Waals surface area (Å²) in [5.74, 6) is 0. The molecule has 0 aliphatic rings. The molecule has 0 radical (unpaired) electrons. The van der Waals surface area contributed by atoms with Crippen molar-refractivity contribution in [2.24, 2.45) is 0 Å². The van der Waals surface area contributed by atoms with Gasteiger partial charge >= 0.3 is 0 Å². The first-order chi connectivity index (χ1) is 1.91. The highest BCUT2D eigenvalue weighted by Gasteiger charge is 1.57. The molecule has 0 atom stereocenters. The van der Waals surface area contributed by atoms with Crippen molar-refractivity contribution < 1.29 is 0 Å². The molecule has 0 rings (SSSR count). The van der Waals surface area contributed by atoms with Gasteiger partial charge in [0.15, 0.2) is 0 Å². The maximum atomic E-state index is 2.22. The highest BCUT2D eigenvalue weighted by molar-refractivity contribution is 8.93. The van der Waals surface area contributed by atoms with Gasteiger partial charge in [0.25, 0.3) is 0 Å². The van der Waals surface area contributed by atoms with E-state index in [2.05, 4.69) is 6.92 Å². The van der Waals surface area contributed by atoms with Crippen LogP contribution in [-0.2, 0) is 0 Å². The van der Waals surface area contributed by atoms with E-state index in [0.717, 1.165) is 0 Å². The van der Waals surface area contributed by atoms with Gasteiger partial charge in [0, 0.05) is 10.2 Å². The molecule has 0 aromatic heterocycles. The number of hydrogen-bond acceptors (Lipinski definition) is 0. The largest absolute Gasteiger partial charge is 0.114 e. The van der Waals surface area contributed by atoms with Crippen molar-refractivity contribution >= 4 is 27.2 Å². The third-order valence-electron chi connectivity index (χ3n) is 0.500. The summed E-state index contributed by atoms with van der Waals surface area (Å²) >= 11 is 0. The van der Waals surface area contributed by atoms with E-state index in [-0.39, 0.29) is 17.0 Å². The minimum Gasteiger partial charge on any atom is -0.114 e. The zero-order valence-electron chi connectivity index (χ0n) is 3.82. The van der Waals surface area contributed by atoms with Crippen LogP contribution in [0.5, 0.6) is 0 Å². The molecule has 0 bridgehead atoms. The Hall–Kier alpha value is 0.697. The van der Waals surface area contributed by atoms with Crippen LogP contribution in [0.3, 0.4) is 0 Å². The summed E-state index contributed by atoms with van der Waals surface area (Å²) in [6.45, 7) is 2.22. The second kappa shape index (κ2) is 8.83. The average molecular weight is 155 g/mol. The summed E-state index contributed by atoms with van der Waals surface area (Å²) in [6, 6.07) is 1.46. The quantitative estimate of drug-likeness (QED) is 0.490. The molecular formula is C3H11BrSi. The Balaban J connectivity index is 0. The van der Waals surface area contributed by atoms with E-state index in [1.54, 1.807) is 0 Å². The van der Waals surface area contributed by atoms with E-state index < -0.39 is 0 Å². The van der Waals surface area contributed by atoms with Crippen LogP contribution in [0, 0.1) is 0 Å². The van der Waals surface area contributed by atoms with E-state index in [1.807, 2.05) is 0 Å². The lowest BCUT2D eigenvalue weighted by Crippen LogP contribution is -1.55. The first-order valence-corrected chi connectivity index (χ1v) is 3.33. The minimum atomic E-state index is 0. The van der Waals surface area contributed by atoms with E-state index in [4.69, 9.17) is 0 Å². The second-order valence-corrected chi connectivity index (χ2v) is 2.00. The van der Waals surface area contributed by atoms with Crippen molar-refractivity contribution in [3.05, 3.63) is 0 Å². The minimum absolute atomic E-state index is 0. The standard InChI is InChI=1S/C3H10Si.BrH/c1-2-3-4;/h2-3H2,1,4H3;1H. The fraction of sp³-hybridized carbons (Fsp3) is 1.00. The molecule has 0 aliphatic carbocycles. The molecule has 0 nitrogen and oxygen atoms in total. The molecule has 0 heterocycles. The van der Waals surface area contributed by atoms with Crippen molar-refractivity contribution in [3.8, 4) is 0 Å². The van der Waals surface area contributed by atoms with Crippen LogP contribution in [0.4, 0.5) is 0 Å². The van der Waals surface area contributed by atoms with Gasteiger partial charge in [0.2, 0.25) is 0 Å². The zero-order chi connectivity index (χ0) is 3.41. The molecular weight excluding hydrogens is 144 g/mol. The van der Waals surface area contributed by atoms with Crippen LogP contribution < -0.4 is 0 Å². The van der Waals surface area contributed by atoms with E-state index in [9.17, 15) is 0 Å². The topological polar surface area (TPSA) is 0 Å².